The normalized spacial score (nSPS) is 19.0. The van der Waals surface area contributed by atoms with E-state index in [1.54, 1.807) is 0 Å². The summed E-state index contributed by atoms with van der Waals surface area (Å²) in [6.45, 7) is 2.19. The fourth-order valence-corrected chi connectivity index (χ4v) is 3.28. The van der Waals surface area contributed by atoms with Crippen LogP contribution < -0.4 is 10.0 Å². The Morgan fingerprint density at radius 3 is 2.54 bits per heavy atom. The average molecular weight is 356 g/mol. The van der Waals surface area contributed by atoms with E-state index < -0.39 is 27.9 Å². The van der Waals surface area contributed by atoms with E-state index in [-0.39, 0.29) is 23.1 Å². The van der Waals surface area contributed by atoms with Crippen LogP contribution in [0.5, 0.6) is 0 Å². The van der Waals surface area contributed by atoms with Gasteiger partial charge in [-0.2, -0.15) is 0 Å². The van der Waals surface area contributed by atoms with Crippen LogP contribution in [-0.2, 0) is 19.6 Å². The van der Waals surface area contributed by atoms with Gasteiger partial charge in [0, 0.05) is 18.7 Å². The third kappa shape index (κ3) is 4.76. The molecule has 1 fully saturated rings. The standard InChI is InChI=1S/C15H20N2O6S/c1-10(15(19)20)17-14(18)11-4-6-13(7-5-11)24(21,22)16-9-12-3-2-8-23-12/h4-7,10,12,16H,2-3,8-9H2,1H3,(H,17,18)(H,19,20). The lowest BCUT2D eigenvalue weighted by Crippen LogP contribution is -2.38. The lowest BCUT2D eigenvalue weighted by Gasteiger charge is -2.12. The number of sulfonamides is 1. The minimum atomic E-state index is -3.68. The van der Waals surface area contributed by atoms with Crippen LogP contribution in [0.15, 0.2) is 29.2 Å². The quantitative estimate of drug-likeness (QED) is 0.648. The van der Waals surface area contributed by atoms with Gasteiger partial charge in [0.2, 0.25) is 10.0 Å². The summed E-state index contributed by atoms with van der Waals surface area (Å²) in [5.41, 5.74) is 0.182. The Bertz CT molecular complexity index is 695. The first-order chi connectivity index (χ1) is 11.3. The number of ether oxygens (including phenoxy) is 1. The topological polar surface area (TPSA) is 122 Å². The van der Waals surface area contributed by atoms with Crippen molar-refractivity contribution in [3.8, 4) is 0 Å². The predicted molar refractivity (Wildman–Crippen MR) is 85.2 cm³/mol. The molecule has 1 heterocycles. The molecule has 132 valence electrons. The number of nitrogens with one attached hydrogen (secondary N) is 2. The average Bonchev–Trinajstić information content (AvgIpc) is 3.06. The number of benzene rings is 1. The first-order valence-corrected chi connectivity index (χ1v) is 9.03. The number of carbonyl (C=O) groups excluding carboxylic acids is 1. The summed E-state index contributed by atoms with van der Waals surface area (Å²) in [7, 11) is -3.68. The molecule has 1 aliphatic rings. The van der Waals surface area contributed by atoms with Gasteiger partial charge in [0.1, 0.15) is 6.04 Å². The SMILES string of the molecule is CC(NC(=O)c1ccc(S(=O)(=O)NCC2CCCO2)cc1)C(=O)O. The molecule has 0 aliphatic carbocycles. The van der Waals surface area contributed by atoms with Gasteiger partial charge in [-0.05, 0) is 44.0 Å². The highest BCUT2D eigenvalue weighted by Gasteiger charge is 2.21. The maximum Gasteiger partial charge on any atom is 0.325 e. The number of amides is 1. The molecule has 0 saturated carbocycles. The first-order valence-electron chi connectivity index (χ1n) is 7.54. The fraction of sp³-hybridized carbons (Fsp3) is 0.467. The van der Waals surface area contributed by atoms with Crippen molar-refractivity contribution in [2.45, 2.75) is 36.8 Å². The number of hydrogen-bond acceptors (Lipinski definition) is 5. The summed E-state index contributed by atoms with van der Waals surface area (Å²) in [6, 6.07) is 4.25. The summed E-state index contributed by atoms with van der Waals surface area (Å²) >= 11 is 0. The third-order valence-electron chi connectivity index (χ3n) is 3.67. The smallest absolute Gasteiger partial charge is 0.325 e. The van der Waals surface area contributed by atoms with Gasteiger partial charge < -0.3 is 15.2 Å². The van der Waals surface area contributed by atoms with E-state index in [1.807, 2.05) is 0 Å². The van der Waals surface area contributed by atoms with Crippen molar-refractivity contribution in [1.82, 2.24) is 10.0 Å². The van der Waals surface area contributed by atoms with Crippen molar-refractivity contribution in [3.05, 3.63) is 29.8 Å². The molecule has 1 saturated heterocycles. The van der Waals surface area contributed by atoms with Crippen LogP contribution >= 0.6 is 0 Å². The number of aliphatic carboxylic acids is 1. The Hall–Kier alpha value is -1.97. The highest BCUT2D eigenvalue weighted by Crippen LogP contribution is 2.14. The summed E-state index contributed by atoms with van der Waals surface area (Å²) in [6.07, 6.45) is 1.64. The molecule has 24 heavy (non-hydrogen) atoms. The Kier molecular flexibility index (Phi) is 5.92. The lowest BCUT2D eigenvalue weighted by molar-refractivity contribution is -0.138. The zero-order chi connectivity index (χ0) is 17.7. The molecule has 8 nitrogen and oxygen atoms in total. The van der Waals surface area contributed by atoms with Gasteiger partial charge in [-0.1, -0.05) is 0 Å². The van der Waals surface area contributed by atoms with Gasteiger partial charge in [-0.3, -0.25) is 9.59 Å². The van der Waals surface area contributed by atoms with Gasteiger partial charge in [-0.25, -0.2) is 13.1 Å². The van der Waals surface area contributed by atoms with Crippen LogP contribution in [0.4, 0.5) is 0 Å². The molecule has 1 aromatic carbocycles. The second-order valence-corrected chi connectivity index (χ2v) is 7.31. The lowest BCUT2D eigenvalue weighted by atomic mass is 10.2. The molecule has 1 aromatic rings. The second kappa shape index (κ2) is 7.73. The van der Waals surface area contributed by atoms with Crippen molar-refractivity contribution >= 4 is 21.9 Å². The second-order valence-electron chi connectivity index (χ2n) is 5.54. The van der Waals surface area contributed by atoms with Gasteiger partial charge in [0.05, 0.1) is 11.0 Å². The molecule has 2 atom stereocenters. The van der Waals surface area contributed by atoms with Crippen molar-refractivity contribution < 1.29 is 27.9 Å². The minimum absolute atomic E-state index is 0.0309. The molecule has 0 aromatic heterocycles. The Morgan fingerprint density at radius 2 is 2.00 bits per heavy atom. The van der Waals surface area contributed by atoms with Crippen LogP contribution in [0, 0.1) is 0 Å². The maximum absolute atomic E-state index is 12.2. The summed E-state index contributed by atoms with van der Waals surface area (Å²) in [5, 5.41) is 11.1. The van der Waals surface area contributed by atoms with E-state index in [4.69, 9.17) is 9.84 Å². The fourth-order valence-electron chi connectivity index (χ4n) is 2.22. The molecule has 2 rings (SSSR count). The monoisotopic (exact) mass is 356 g/mol. The Labute approximate surface area is 140 Å². The highest BCUT2D eigenvalue weighted by molar-refractivity contribution is 7.89. The van der Waals surface area contributed by atoms with Crippen LogP contribution in [0.2, 0.25) is 0 Å². The molecule has 0 bridgehead atoms. The van der Waals surface area contributed by atoms with Crippen LogP contribution in [-0.4, -0.2) is 50.7 Å². The van der Waals surface area contributed by atoms with Crippen LogP contribution in [0.1, 0.15) is 30.1 Å². The molecule has 1 amide bonds. The largest absolute Gasteiger partial charge is 0.480 e. The number of carbonyl (C=O) groups is 2. The number of rotatable bonds is 7. The van der Waals surface area contributed by atoms with E-state index in [0.29, 0.717) is 6.61 Å². The zero-order valence-electron chi connectivity index (χ0n) is 13.2. The number of hydrogen-bond donors (Lipinski definition) is 3. The maximum atomic E-state index is 12.2. The van der Waals surface area contributed by atoms with E-state index in [0.717, 1.165) is 12.8 Å². The molecular formula is C15H20N2O6S. The van der Waals surface area contributed by atoms with Crippen molar-refractivity contribution in [1.29, 1.82) is 0 Å². The molecule has 3 N–H and O–H groups in total. The van der Waals surface area contributed by atoms with Crippen molar-refractivity contribution in [2.75, 3.05) is 13.2 Å². The molecule has 0 spiro atoms. The molecule has 0 radical (unpaired) electrons. The Balaban J connectivity index is 1.99. The zero-order valence-corrected chi connectivity index (χ0v) is 14.0. The summed E-state index contributed by atoms with van der Waals surface area (Å²) in [4.78, 5) is 22.6. The molecule has 1 aliphatic heterocycles. The molecular weight excluding hydrogens is 336 g/mol. The van der Waals surface area contributed by atoms with Crippen LogP contribution in [0.25, 0.3) is 0 Å². The summed E-state index contributed by atoms with van der Waals surface area (Å²) < 4.78 is 32.2. The summed E-state index contributed by atoms with van der Waals surface area (Å²) in [5.74, 6) is -1.73. The minimum Gasteiger partial charge on any atom is -0.480 e. The van der Waals surface area contributed by atoms with E-state index in [1.165, 1.54) is 31.2 Å². The molecule has 2 unspecified atom stereocenters. The predicted octanol–water partition coefficient (Wildman–Crippen LogP) is 0.347. The number of carboxylic acids is 1. The van der Waals surface area contributed by atoms with Gasteiger partial charge in [0.25, 0.3) is 5.91 Å². The third-order valence-corrected chi connectivity index (χ3v) is 5.11. The Morgan fingerprint density at radius 1 is 1.33 bits per heavy atom. The van der Waals surface area contributed by atoms with E-state index in [2.05, 4.69) is 10.0 Å². The van der Waals surface area contributed by atoms with E-state index >= 15 is 0 Å². The van der Waals surface area contributed by atoms with Gasteiger partial charge >= 0.3 is 5.97 Å². The van der Waals surface area contributed by atoms with Gasteiger partial charge in [-0.15, -0.1) is 0 Å². The number of carboxylic acid groups (broad SMARTS) is 1. The van der Waals surface area contributed by atoms with Crippen LogP contribution in [0.3, 0.4) is 0 Å². The van der Waals surface area contributed by atoms with Crippen molar-refractivity contribution in [2.24, 2.45) is 0 Å². The highest BCUT2D eigenvalue weighted by atomic mass is 32.2. The molecule has 9 heteroatoms. The van der Waals surface area contributed by atoms with Crippen molar-refractivity contribution in [3.63, 3.8) is 0 Å². The first kappa shape index (κ1) is 18.4. The van der Waals surface area contributed by atoms with E-state index in [9.17, 15) is 18.0 Å². The van der Waals surface area contributed by atoms with Gasteiger partial charge in [0.15, 0.2) is 0 Å².